The summed E-state index contributed by atoms with van der Waals surface area (Å²) in [6, 6.07) is 0.570. The first kappa shape index (κ1) is 19.6. The molecule has 0 spiro atoms. The highest BCUT2D eigenvalue weighted by atomic mass is 33.1. The van der Waals surface area contributed by atoms with Crippen LogP contribution in [0.3, 0.4) is 0 Å². The van der Waals surface area contributed by atoms with E-state index in [1.54, 1.807) is 0 Å². The summed E-state index contributed by atoms with van der Waals surface area (Å²) in [5.41, 5.74) is 0. The van der Waals surface area contributed by atoms with Gasteiger partial charge in [0.1, 0.15) is 0 Å². The summed E-state index contributed by atoms with van der Waals surface area (Å²) in [4.78, 5) is 25.0. The molecule has 1 saturated heterocycles. The molecule has 1 aliphatic rings. The van der Waals surface area contributed by atoms with Crippen LogP contribution in [0.2, 0.25) is 0 Å². The Morgan fingerprint density at radius 1 is 1.05 bits per heavy atom. The average Bonchev–Trinajstić information content (AvgIpc) is 3.03. The molecule has 0 aliphatic carbocycles. The van der Waals surface area contributed by atoms with Crippen LogP contribution in [0.5, 0.6) is 0 Å². The third kappa shape index (κ3) is 8.90. The second-order valence-corrected chi connectivity index (χ2v) is 7.90. The monoisotopic (exact) mass is 349 g/mol. The Bertz CT molecular complexity index is 336. The first-order valence-corrected chi connectivity index (χ1v) is 10.4. The minimum absolute atomic E-state index is 0.145. The SMILES string of the molecule is CCCC(=O)OCCCCOC(=O)CCN(C)C1CSSC1. The number of esters is 2. The van der Waals surface area contributed by atoms with Gasteiger partial charge in [-0.1, -0.05) is 28.5 Å². The topological polar surface area (TPSA) is 55.8 Å². The van der Waals surface area contributed by atoms with Gasteiger partial charge in [-0.2, -0.15) is 0 Å². The van der Waals surface area contributed by atoms with E-state index in [-0.39, 0.29) is 11.9 Å². The van der Waals surface area contributed by atoms with Crippen molar-refractivity contribution in [3.8, 4) is 0 Å². The largest absolute Gasteiger partial charge is 0.466 e. The molecule has 0 aromatic rings. The molecule has 0 unspecified atom stereocenters. The summed E-state index contributed by atoms with van der Waals surface area (Å²) >= 11 is 0. The van der Waals surface area contributed by atoms with Crippen molar-refractivity contribution >= 4 is 33.5 Å². The number of carbonyl (C=O) groups is 2. The molecule has 0 radical (unpaired) electrons. The number of nitrogens with zero attached hydrogens (tertiary/aromatic N) is 1. The first-order chi connectivity index (χ1) is 10.6. The molecule has 0 atom stereocenters. The van der Waals surface area contributed by atoms with Crippen LogP contribution >= 0.6 is 21.6 Å². The van der Waals surface area contributed by atoms with Crippen LogP contribution in [-0.2, 0) is 19.1 Å². The lowest BCUT2D eigenvalue weighted by molar-refractivity contribution is -0.146. The van der Waals surface area contributed by atoms with Crippen molar-refractivity contribution in [2.24, 2.45) is 0 Å². The summed E-state index contributed by atoms with van der Waals surface area (Å²) in [5.74, 6) is 1.97. The predicted molar refractivity (Wildman–Crippen MR) is 92.0 cm³/mol. The van der Waals surface area contributed by atoms with Gasteiger partial charge in [-0.05, 0) is 26.3 Å². The maximum atomic E-state index is 11.6. The van der Waals surface area contributed by atoms with Gasteiger partial charge in [0.25, 0.3) is 0 Å². The molecular weight excluding hydrogens is 322 g/mol. The highest BCUT2D eigenvalue weighted by molar-refractivity contribution is 8.77. The van der Waals surface area contributed by atoms with Gasteiger partial charge in [-0.25, -0.2) is 0 Å². The van der Waals surface area contributed by atoms with E-state index >= 15 is 0 Å². The van der Waals surface area contributed by atoms with E-state index in [0.29, 0.717) is 32.1 Å². The van der Waals surface area contributed by atoms with Crippen molar-refractivity contribution in [1.82, 2.24) is 4.90 Å². The van der Waals surface area contributed by atoms with Crippen molar-refractivity contribution in [3.63, 3.8) is 0 Å². The fraction of sp³-hybridized carbons (Fsp3) is 0.867. The summed E-state index contributed by atoms with van der Waals surface area (Å²) in [6.07, 6.45) is 3.19. The zero-order chi connectivity index (χ0) is 16.2. The number of unbranched alkanes of at least 4 members (excludes halogenated alkanes) is 1. The first-order valence-electron chi connectivity index (χ1n) is 7.89. The molecule has 0 amide bonds. The van der Waals surface area contributed by atoms with Crippen molar-refractivity contribution in [3.05, 3.63) is 0 Å². The summed E-state index contributed by atoms with van der Waals surface area (Å²) in [6.45, 7) is 3.51. The number of ether oxygens (including phenoxy) is 2. The number of hydrogen-bond donors (Lipinski definition) is 0. The second-order valence-electron chi connectivity index (χ2n) is 5.35. The zero-order valence-corrected chi connectivity index (χ0v) is 15.2. The van der Waals surface area contributed by atoms with Crippen molar-refractivity contribution in [2.45, 2.75) is 45.1 Å². The maximum Gasteiger partial charge on any atom is 0.307 e. The van der Waals surface area contributed by atoms with Crippen LogP contribution in [-0.4, -0.2) is 61.2 Å². The van der Waals surface area contributed by atoms with E-state index in [9.17, 15) is 9.59 Å². The molecule has 0 bridgehead atoms. The number of hydrogen-bond acceptors (Lipinski definition) is 7. The van der Waals surface area contributed by atoms with Gasteiger partial charge in [0.15, 0.2) is 0 Å². The molecule has 22 heavy (non-hydrogen) atoms. The van der Waals surface area contributed by atoms with E-state index in [2.05, 4.69) is 11.9 Å². The molecule has 0 aromatic carbocycles. The predicted octanol–water partition coefficient (Wildman–Crippen LogP) is 2.74. The van der Waals surface area contributed by atoms with Crippen LogP contribution in [0, 0.1) is 0 Å². The van der Waals surface area contributed by atoms with Crippen LogP contribution in [0.15, 0.2) is 0 Å². The molecular formula is C15H27NO4S2. The van der Waals surface area contributed by atoms with Crippen LogP contribution < -0.4 is 0 Å². The minimum Gasteiger partial charge on any atom is -0.466 e. The Morgan fingerprint density at radius 3 is 2.14 bits per heavy atom. The smallest absolute Gasteiger partial charge is 0.307 e. The van der Waals surface area contributed by atoms with Gasteiger partial charge < -0.3 is 14.4 Å². The van der Waals surface area contributed by atoms with Crippen molar-refractivity contribution in [1.29, 1.82) is 0 Å². The average molecular weight is 350 g/mol. The second kappa shape index (κ2) is 12.1. The van der Waals surface area contributed by atoms with Crippen molar-refractivity contribution < 1.29 is 19.1 Å². The summed E-state index contributed by atoms with van der Waals surface area (Å²) in [7, 11) is 5.85. The standard InChI is InChI=1S/C15H27NO4S2/c1-3-6-14(17)19-9-4-5-10-20-15(18)7-8-16(2)13-11-21-22-12-13/h13H,3-12H2,1-2H3. The normalized spacial score (nSPS) is 15.2. The van der Waals surface area contributed by atoms with Crippen LogP contribution in [0.1, 0.15) is 39.0 Å². The molecule has 1 heterocycles. The van der Waals surface area contributed by atoms with E-state index in [1.165, 1.54) is 0 Å². The van der Waals surface area contributed by atoms with Gasteiger partial charge in [0.2, 0.25) is 0 Å². The quantitative estimate of drug-likeness (QED) is 0.323. The maximum absolute atomic E-state index is 11.6. The molecule has 7 heteroatoms. The van der Waals surface area contributed by atoms with Crippen molar-refractivity contribution in [2.75, 3.05) is 38.3 Å². The highest BCUT2D eigenvalue weighted by Gasteiger charge is 2.21. The van der Waals surface area contributed by atoms with Gasteiger partial charge in [-0.3, -0.25) is 9.59 Å². The van der Waals surface area contributed by atoms with E-state index in [1.807, 2.05) is 28.5 Å². The van der Waals surface area contributed by atoms with E-state index in [4.69, 9.17) is 9.47 Å². The Balaban J connectivity index is 1.93. The lowest BCUT2D eigenvalue weighted by Crippen LogP contribution is -2.35. The summed E-state index contributed by atoms with van der Waals surface area (Å²) < 4.78 is 10.2. The van der Waals surface area contributed by atoms with Gasteiger partial charge >= 0.3 is 11.9 Å². The Kier molecular flexibility index (Phi) is 10.8. The summed E-state index contributed by atoms with van der Waals surface area (Å²) in [5, 5.41) is 0. The van der Waals surface area contributed by atoms with Gasteiger partial charge in [0.05, 0.1) is 19.6 Å². The van der Waals surface area contributed by atoms with Gasteiger partial charge in [0, 0.05) is 30.5 Å². The molecule has 128 valence electrons. The highest BCUT2D eigenvalue weighted by Crippen LogP contribution is 2.32. The third-order valence-corrected chi connectivity index (χ3v) is 5.94. The van der Waals surface area contributed by atoms with E-state index in [0.717, 1.165) is 37.3 Å². The molecule has 1 aliphatic heterocycles. The Labute approximate surface area is 141 Å². The number of rotatable bonds is 11. The molecule has 5 nitrogen and oxygen atoms in total. The van der Waals surface area contributed by atoms with Crippen LogP contribution in [0.4, 0.5) is 0 Å². The third-order valence-electron chi connectivity index (χ3n) is 3.42. The lowest BCUT2D eigenvalue weighted by atomic mass is 10.3. The van der Waals surface area contributed by atoms with Gasteiger partial charge in [-0.15, -0.1) is 0 Å². The van der Waals surface area contributed by atoms with E-state index < -0.39 is 0 Å². The number of carbonyl (C=O) groups excluding carboxylic acids is 2. The molecule has 0 N–H and O–H groups in total. The van der Waals surface area contributed by atoms with Crippen LogP contribution in [0.25, 0.3) is 0 Å². The lowest BCUT2D eigenvalue weighted by Gasteiger charge is -2.22. The minimum atomic E-state index is -0.147. The fourth-order valence-corrected chi connectivity index (χ4v) is 4.85. The molecule has 1 fully saturated rings. The zero-order valence-electron chi connectivity index (χ0n) is 13.5. The fourth-order valence-electron chi connectivity index (χ4n) is 1.93. The molecule has 0 aromatic heterocycles. The Morgan fingerprint density at radius 2 is 1.59 bits per heavy atom. The molecule has 1 rings (SSSR count). The molecule has 0 saturated carbocycles. The Hall–Kier alpha value is -0.400.